The molecule has 1 N–H and O–H groups in total. The van der Waals surface area contributed by atoms with Crippen molar-refractivity contribution in [3.05, 3.63) is 12.4 Å². The van der Waals surface area contributed by atoms with Gasteiger partial charge in [0.1, 0.15) is 0 Å². The lowest BCUT2D eigenvalue weighted by Crippen LogP contribution is -2.31. The molecular weight excluding hydrogens is 152 g/mol. The predicted octanol–water partition coefficient (Wildman–Crippen LogP) is 0.591. The first-order valence-corrected chi connectivity index (χ1v) is 4.45. The van der Waals surface area contributed by atoms with E-state index in [0.29, 0.717) is 12.1 Å². The number of likely N-dealkylation sites (N-methyl/N-ethyl adjacent to an activating group) is 1. The Morgan fingerprint density at radius 1 is 1.50 bits per heavy atom. The van der Waals surface area contributed by atoms with E-state index in [9.17, 15) is 0 Å². The average molecular weight is 166 g/mol. The van der Waals surface area contributed by atoms with E-state index in [4.69, 9.17) is 0 Å². The summed E-state index contributed by atoms with van der Waals surface area (Å²) < 4.78 is 1.97. The summed E-state index contributed by atoms with van der Waals surface area (Å²) in [6, 6.07) is 1.09. The molecule has 0 aliphatic heterocycles. The number of nitrogens with one attached hydrogen (secondary N) is 1. The summed E-state index contributed by atoms with van der Waals surface area (Å²) in [6.07, 6.45) is 7.44. The highest BCUT2D eigenvalue weighted by Gasteiger charge is 2.27. The van der Waals surface area contributed by atoms with Gasteiger partial charge < -0.3 is 5.32 Å². The third kappa shape index (κ3) is 1.22. The van der Waals surface area contributed by atoms with E-state index in [1.54, 1.807) is 6.20 Å². The van der Waals surface area contributed by atoms with Crippen molar-refractivity contribution in [2.24, 2.45) is 0 Å². The van der Waals surface area contributed by atoms with Crippen LogP contribution in [0.4, 0.5) is 0 Å². The van der Waals surface area contributed by atoms with Gasteiger partial charge in [0, 0.05) is 12.2 Å². The topological polar surface area (TPSA) is 42.7 Å². The van der Waals surface area contributed by atoms with Gasteiger partial charge in [-0.05, 0) is 26.3 Å². The molecular formula is C8H14N4. The van der Waals surface area contributed by atoms with Crippen molar-refractivity contribution in [3.8, 4) is 0 Å². The van der Waals surface area contributed by atoms with Gasteiger partial charge in [-0.25, -0.2) is 4.68 Å². The minimum atomic E-state index is 0.512. The van der Waals surface area contributed by atoms with Crippen molar-refractivity contribution >= 4 is 0 Å². The van der Waals surface area contributed by atoms with Crippen molar-refractivity contribution in [3.63, 3.8) is 0 Å². The summed E-state index contributed by atoms with van der Waals surface area (Å²) in [5, 5.41) is 11.2. The Morgan fingerprint density at radius 2 is 2.42 bits per heavy atom. The lowest BCUT2D eigenvalue weighted by molar-refractivity contribution is 0.376. The van der Waals surface area contributed by atoms with Gasteiger partial charge >= 0.3 is 0 Å². The SMILES string of the molecule is CNC1CCCC1n1ccnn1. The second-order valence-corrected chi connectivity index (χ2v) is 3.28. The summed E-state index contributed by atoms with van der Waals surface area (Å²) in [5.74, 6) is 0. The van der Waals surface area contributed by atoms with Gasteiger partial charge in [-0.15, -0.1) is 5.10 Å². The highest BCUT2D eigenvalue weighted by atomic mass is 15.4. The quantitative estimate of drug-likeness (QED) is 0.699. The Kier molecular flexibility index (Phi) is 2.08. The Labute approximate surface area is 72.0 Å². The maximum atomic E-state index is 4.02. The van der Waals surface area contributed by atoms with Gasteiger partial charge in [0.2, 0.25) is 0 Å². The number of hydrogen-bond donors (Lipinski definition) is 1. The third-order valence-corrected chi connectivity index (χ3v) is 2.63. The Balaban J connectivity index is 2.13. The molecule has 1 aliphatic rings. The summed E-state index contributed by atoms with van der Waals surface area (Å²) in [7, 11) is 2.01. The molecule has 2 rings (SSSR count). The molecule has 1 aromatic heterocycles. The van der Waals surface area contributed by atoms with E-state index in [-0.39, 0.29) is 0 Å². The van der Waals surface area contributed by atoms with E-state index in [1.165, 1.54) is 19.3 Å². The zero-order chi connectivity index (χ0) is 8.39. The lowest BCUT2D eigenvalue weighted by Gasteiger charge is -2.18. The van der Waals surface area contributed by atoms with Crippen molar-refractivity contribution in [1.29, 1.82) is 0 Å². The molecule has 0 amide bonds. The molecule has 0 saturated heterocycles. The largest absolute Gasteiger partial charge is 0.315 e. The van der Waals surface area contributed by atoms with E-state index >= 15 is 0 Å². The van der Waals surface area contributed by atoms with E-state index in [0.717, 1.165) is 0 Å². The molecule has 0 bridgehead atoms. The minimum absolute atomic E-state index is 0.512. The molecule has 1 heterocycles. The van der Waals surface area contributed by atoms with Crippen LogP contribution in [0.2, 0.25) is 0 Å². The van der Waals surface area contributed by atoms with Crippen LogP contribution >= 0.6 is 0 Å². The van der Waals surface area contributed by atoms with Crippen LogP contribution in [0.15, 0.2) is 12.4 Å². The van der Waals surface area contributed by atoms with Crippen molar-refractivity contribution < 1.29 is 0 Å². The molecule has 12 heavy (non-hydrogen) atoms. The highest BCUT2D eigenvalue weighted by Crippen LogP contribution is 2.28. The zero-order valence-corrected chi connectivity index (χ0v) is 7.27. The van der Waals surface area contributed by atoms with Crippen LogP contribution in [0.25, 0.3) is 0 Å². The van der Waals surface area contributed by atoms with Crippen LogP contribution < -0.4 is 5.32 Å². The molecule has 66 valence electrons. The monoisotopic (exact) mass is 166 g/mol. The van der Waals surface area contributed by atoms with Crippen LogP contribution in [0.3, 0.4) is 0 Å². The number of aromatic nitrogens is 3. The first-order chi connectivity index (χ1) is 5.92. The van der Waals surface area contributed by atoms with Crippen molar-refractivity contribution in [2.75, 3.05) is 7.05 Å². The fraction of sp³-hybridized carbons (Fsp3) is 0.750. The van der Waals surface area contributed by atoms with Gasteiger partial charge in [-0.2, -0.15) is 0 Å². The van der Waals surface area contributed by atoms with Gasteiger partial charge in [0.25, 0.3) is 0 Å². The second-order valence-electron chi connectivity index (χ2n) is 3.28. The minimum Gasteiger partial charge on any atom is -0.315 e. The third-order valence-electron chi connectivity index (χ3n) is 2.63. The normalized spacial score (nSPS) is 29.4. The fourth-order valence-electron chi connectivity index (χ4n) is 1.99. The number of nitrogens with zero attached hydrogens (tertiary/aromatic N) is 3. The number of hydrogen-bond acceptors (Lipinski definition) is 3. The zero-order valence-electron chi connectivity index (χ0n) is 7.27. The summed E-state index contributed by atoms with van der Waals surface area (Å²) in [4.78, 5) is 0. The fourth-order valence-corrected chi connectivity index (χ4v) is 1.99. The van der Waals surface area contributed by atoms with E-state index in [2.05, 4.69) is 15.6 Å². The van der Waals surface area contributed by atoms with Crippen LogP contribution in [0.1, 0.15) is 25.3 Å². The molecule has 1 aliphatic carbocycles. The average Bonchev–Trinajstić information content (AvgIpc) is 2.74. The highest BCUT2D eigenvalue weighted by molar-refractivity contribution is 4.87. The molecule has 0 aromatic carbocycles. The smallest absolute Gasteiger partial charge is 0.0693 e. The Bertz CT molecular complexity index is 231. The molecule has 2 unspecified atom stereocenters. The Morgan fingerprint density at radius 3 is 3.08 bits per heavy atom. The molecule has 1 saturated carbocycles. The standard InChI is InChI=1S/C8H14N4/c1-9-7-3-2-4-8(7)12-6-5-10-11-12/h5-9H,2-4H2,1H3. The van der Waals surface area contributed by atoms with Crippen LogP contribution in [0.5, 0.6) is 0 Å². The van der Waals surface area contributed by atoms with Crippen molar-refractivity contribution in [2.45, 2.75) is 31.3 Å². The molecule has 0 radical (unpaired) electrons. The van der Waals surface area contributed by atoms with E-state index < -0.39 is 0 Å². The van der Waals surface area contributed by atoms with Crippen molar-refractivity contribution in [1.82, 2.24) is 20.3 Å². The van der Waals surface area contributed by atoms with Crippen LogP contribution in [-0.4, -0.2) is 28.1 Å². The van der Waals surface area contributed by atoms with Gasteiger partial charge in [0.15, 0.2) is 0 Å². The summed E-state index contributed by atoms with van der Waals surface area (Å²) >= 11 is 0. The predicted molar refractivity (Wildman–Crippen MR) is 45.8 cm³/mol. The van der Waals surface area contributed by atoms with Crippen LogP contribution in [-0.2, 0) is 0 Å². The molecule has 0 spiro atoms. The maximum Gasteiger partial charge on any atom is 0.0693 e. The van der Waals surface area contributed by atoms with Gasteiger partial charge in [-0.3, -0.25) is 0 Å². The second kappa shape index (κ2) is 3.23. The summed E-state index contributed by atoms with van der Waals surface area (Å²) in [5.41, 5.74) is 0. The van der Waals surface area contributed by atoms with Crippen LogP contribution in [0, 0.1) is 0 Å². The first kappa shape index (κ1) is 7.73. The molecule has 2 atom stereocenters. The molecule has 1 aromatic rings. The van der Waals surface area contributed by atoms with Gasteiger partial charge in [0.05, 0.1) is 12.2 Å². The van der Waals surface area contributed by atoms with Gasteiger partial charge in [-0.1, -0.05) is 5.21 Å². The van der Waals surface area contributed by atoms with E-state index in [1.807, 2.05) is 17.9 Å². The Hall–Kier alpha value is -0.900. The maximum absolute atomic E-state index is 4.02. The number of rotatable bonds is 2. The lowest BCUT2D eigenvalue weighted by atomic mass is 10.2. The molecule has 4 heteroatoms. The molecule has 4 nitrogen and oxygen atoms in total. The molecule has 1 fully saturated rings. The summed E-state index contributed by atoms with van der Waals surface area (Å²) in [6.45, 7) is 0. The first-order valence-electron chi connectivity index (χ1n) is 4.45.